The first kappa shape index (κ1) is 19.6. The Hall–Kier alpha value is -2.37. The van der Waals surface area contributed by atoms with E-state index in [-0.39, 0.29) is 5.56 Å². The van der Waals surface area contributed by atoms with Crippen molar-refractivity contribution in [1.82, 2.24) is 38.7 Å². The first-order chi connectivity index (χ1) is 14.5. The Morgan fingerprint density at radius 2 is 2.07 bits per heavy atom. The topological polar surface area (TPSA) is 88.4 Å². The second-order valence-electron chi connectivity index (χ2n) is 6.72. The Balaban J connectivity index is 1.52. The monoisotopic (exact) mass is 550 g/mol. The van der Waals surface area contributed by atoms with Gasteiger partial charge in [0.25, 0.3) is 5.56 Å². The molecule has 9 nitrogen and oxygen atoms in total. The van der Waals surface area contributed by atoms with Crippen LogP contribution < -0.4 is 5.56 Å². The van der Waals surface area contributed by atoms with E-state index in [0.717, 1.165) is 32.1 Å². The summed E-state index contributed by atoms with van der Waals surface area (Å²) in [6.07, 6.45) is 10.0. The van der Waals surface area contributed by atoms with Crippen molar-refractivity contribution >= 4 is 73.2 Å². The van der Waals surface area contributed by atoms with E-state index in [1.807, 2.05) is 59.8 Å². The van der Waals surface area contributed by atoms with Crippen molar-refractivity contribution in [3.8, 4) is 0 Å². The van der Waals surface area contributed by atoms with Crippen LogP contribution in [-0.4, -0.2) is 38.7 Å². The number of hydrogen-bond donors (Lipinski definition) is 0. The Labute approximate surface area is 189 Å². The molecule has 0 aliphatic carbocycles. The molecular formula is C18H16IN8OPS. The van der Waals surface area contributed by atoms with E-state index in [9.17, 15) is 4.79 Å². The second kappa shape index (κ2) is 7.71. The van der Waals surface area contributed by atoms with Crippen molar-refractivity contribution in [2.75, 3.05) is 0 Å². The SMILES string of the molecule is Cn1ccc(Cn2ncc3c4sc(/C=C/c5ccn(PI)n5)nc4n(C)c3c2=O)n1. The maximum atomic E-state index is 13.1. The third-order valence-corrected chi connectivity index (χ3v) is 7.66. The molecule has 152 valence electrons. The van der Waals surface area contributed by atoms with Crippen LogP contribution in [0.5, 0.6) is 0 Å². The number of aryl methyl sites for hydroxylation is 2. The molecule has 1 atom stereocenters. The minimum atomic E-state index is -0.145. The van der Waals surface area contributed by atoms with E-state index in [1.165, 1.54) is 4.68 Å². The van der Waals surface area contributed by atoms with Gasteiger partial charge in [-0.15, -0.1) is 11.3 Å². The van der Waals surface area contributed by atoms with Crippen LogP contribution in [-0.2, 0) is 20.6 Å². The third kappa shape index (κ3) is 3.40. The Morgan fingerprint density at radius 3 is 2.80 bits per heavy atom. The molecule has 0 aliphatic rings. The van der Waals surface area contributed by atoms with Gasteiger partial charge in [-0.3, -0.25) is 9.48 Å². The van der Waals surface area contributed by atoms with Gasteiger partial charge >= 0.3 is 0 Å². The highest BCUT2D eigenvalue weighted by molar-refractivity contribution is 14.2. The van der Waals surface area contributed by atoms with Gasteiger partial charge in [0.2, 0.25) is 0 Å². The molecule has 5 aromatic rings. The van der Waals surface area contributed by atoms with Gasteiger partial charge in [0.05, 0.1) is 35.2 Å². The molecule has 0 spiro atoms. The van der Waals surface area contributed by atoms with Crippen LogP contribution in [0.25, 0.3) is 33.4 Å². The lowest BCUT2D eigenvalue weighted by Gasteiger charge is -2.03. The standard InChI is InChI=1S/C18H16IN8OPS/c1-24-7-5-12(22-24)10-26-18(28)15-13(9-20-26)16-17(25(15)2)21-14(30-16)4-3-11-6-8-27(23-11)29-19/h3-9,29H,10H2,1-2H3/b4-3+. The summed E-state index contributed by atoms with van der Waals surface area (Å²) < 4.78 is 7.86. The molecular weight excluding hydrogens is 534 g/mol. The molecule has 0 radical (unpaired) electrons. The molecule has 30 heavy (non-hydrogen) atoms. The van der Waals surface area contributed by atoms with Crippen LogP contribution in [0.1, 0.15) is 16.4 Å². The van der Waals surface area contributed by atoms with E-state index in [1.54, 1.807) is 22.2 Å². The van der Waals surface area contributed by atoms with Gasteiger partial charge in [0, 0.05) is 31.9 Å². The van der Waals surface area contributed by atoms with Crippen molar-refractivity contribution in [3.63, 3.8) is 0 Å². The van der Waals surface area contributed by atoms with Gasteiger partial charge in [0.15, 0.2) is 5.65 Å². The van der Waals surface area contributed by atoms with Gasteiger partial charge in [-0.1, -0.05) is 0 Å². The Bertz CT molecular complexity index is 1470. The van der Waals surface area contributed by atoms with Gasteiger partial charge in [-0.25, -0.2) is 14.1 Å². The first-order valence-electron chi connectivity index (χ1n) is 8.97. The lowest BCUT2D eigenvalue weighted by atomic mass is 10.3. The zero-order valence-electron chi connectivity index (χ0n) is 16.0. The number of nitrogens with zero attached hydrogens (tertiary/aromatic N) is 8. The number of halogens is 1. The number of hydrogen-bond acceptors (Lipinski definition) is 6. The van der Waals surface area contributed by atoms with E-state index < -0.39 is 0 Å². The molecule has 5 heterocycles. The van der Waals surface area contributed by atoms with Crippen LogP contribution >= 0.6 is 39.8 Å². The summed E-state index contributed by atoms with van der Waals surface area (Å²) in [5.41, 5.74) is 2.92. The third-order valence-electron chi connectivity index (χ3n) is 4.72. The molecule has 1 unspecified atom stereocenters. The second-order valence-corrected chi connectivity index (χ2v) is 9.82. The summed E-state index contributed by atoms with van der Waals surface area (Å²) in [5, 5.41) is 14.9. The summed E-state index contributed by atoms with van der Waals surface area (Å²) in [4.78, 5) is 17.8. The number of rotatable bonds is 5. The first-order valence-corrected chi connectivity index (χ1v) is 13.9. The molecule has 12 heteroatoms. The lowest BCUT2D eigenvalue weighted by molar-refractivity contribution is 0.619. The smallest absolute Gasteiger partial charge is 0.291 e. The molecule has 0 aromatic carbocycles. The van der Waals surface area contributed by atoms with Crippen LogP contribution in [0.15, 0.2) is 35.5 Å². The summed E-state index contributed by atoms with van der Waals surface area (Å²) in [7, 11) is 3.72. The molecule has 0 bridgehead atoms. The highest BCUT2D eigenvalue weighted by Crippen LogP contribution is 2.31. The summed E-state index contributed by atoms with van der Waals surface area (Å²) in [6.45, 7) is 0.334. The largest absolute Gasteiger partial charge is 0.323 e. The normalized spacial score (nSPS) is 12.5. The fourth-order valence-electron chi connectivity index (χ4n) is 3.32. The molecule has 0 saturated carbocycles. The van der Waals surface area contributed by atoms with Crippen LogP contribution in [0.2, 0.25) is 0 Å². The van der Waals surface area contributed by atoms with Crippen molar-refractivity contribution in [1.29, 1.82) is 0 Å². The highest BCUT2D eigenvalue weighted by atomic mass is 127. The van der Waals surface area contributed by atoms with Crippen molar-refractivity contribution in [2.45, 2.75) is 6.54 Å². The van der Waals surface area contributed by atoms with Crippen molar-refractivity contribution in [3.05, 3.63) is 57.5 Å². The zero-order chi connectivity index (χ0) is 20.8. The van der Waals surface area contributed by atoms with Gasteiger partial charge in [-0.2, -0.15) is 15.3 Å². The molecule has 0 saturated heterocycles. The van der Waals surface area contributed by atoms with Crippen LogP contribution in [0, 0.1) is 0 Å². The zero-order valence-corrected chi connectivity index (χ0v) is 20.0. The average molecular weight is 550 g/mol. The quantitative estimate of drug-likeness (QED) is 0.248. The van der Waals surface area contributed by atoms with E-state index in [4.69, 9.17) is 4.98 Å². The average Bonchev–Trinajstić information content (AvgIpc) is 3.49. The maximum absolute atomic E-state index is 13.1. The Kier molecular flexibility index (Phi) is 5.03. The Morgan fingerprint density at radius 1 is 1.20 bits per heavy atom. The number of aromatic nitrogens is 8. The molecule has 5 rings (SSSR count). The summed E-state index contributed by atoms with van der Waals surface area (Å²) >= 11 is 3.84. The minimum absolute atomic E-state index is 0.145. The van der Waals surface area contributed by atoms with E-state index >= 15 is 0 Å². The highest BCUT2D eigenvalue weighted by Gasteiger charge is 2.18. The van der Waals surface area contributed by atoms with Crippen LogP contribution in [0.3, 0.4) is 0 Å². The van der Waals surface area contributed by atoms with Gasteiger partial charge < -0.3 is 4.57 Å². The van der Waals surface area contributed by atoms with Crippen LogP contribution in [0.4, 0.5) is 0 Å². The lowest BCUT2D eigenvalue weighted by Crippen LogP contribution is -2.24. The summed E-state index contributed by atoms with van der Waals surface area (Å²) in [5.74, 6) is 0. The van der Waals surface area contributed by atoms with Crippen molar-refractivity contribution < 1.29 is 0 Å². The van der Waals surface area contributed by atoms with Gasteiger partial charge in [-0.05, 0) is 46.3 Å². The molecule has 0 aliphatic heterocycles. The fourth-order valence-corrected chi connectivity index (χ4v) is 5.42. The van der Waals surface area contributed by atoms with Gasteiger partial charge in [0.1, 0.15) is 10.5 Å². The minimum Gasteiger partial charge on any atom is -0.323 e. The summed E-state index contributed by atoms with van der Waals surface area (Å²) in [6, 6.07) is 3.85. The predicted molar refractivity (Wildman–Crippen MR) is 129 cm³/mol. The van der Waals surface area contributed by atoms with E-state index in [0.29, 0.717) is 18.4 Å². The van der Waals surface area contributed by atoms with Crippen molar-refractivity contribution in [2.24, 2.45) is 14.1 Å². The van der Waals surface area contributed by atoms with E-state index in [2.05, 4.69) is 37.3 Å². The molecule has 0 fully saturated rings. The predicted octanol–water partition coefficient (Wildman–Crippen LogP) is 3.29. The maximum Gasteiger partial charge on any atom is 0.291 e. The number of thiazole rings is 1. The molecule has 5 aromatic heterocycles. The fraction of sp³-hybridized carbons (Fsp3) is 0.167. The molecule has 0 amide bonds. The number of fused-ring (bicyclic) bond motifs is 3. The molecule has 0 N–H and O–H groups in total.